The van der Waals surface area contributed by atoms with Gasteiger partial charge in [-0.05, 0) is 77.2 Å². The zero-order valence-electron chi connectivity index (χ0n) is 13.8. The van der Waals surface area contributed by atoms with Crippen LogP contribution in [0.3, 0.4) is 0 Å². The Morgan fingerprint density at radius 1 is 1.23 bits per heavy atom. The number of nitrogens with zero attached hydrogens (tertiary/aromatic N) is 2. The molecular formula is C19H15BrIN3O2. The van der Waals surface area contributed by atoms with E-state index < -0.39 is 0 Å². The van der Waals surface area contributed by atoms with Crippen molar-refractivity contribution < 1.29 is 9.53 Å². The van der Waals surface area contributed by atoms with Crippen LogP contribution >= 0.6 is 38.5 Å². The van der Waals surface area contributed by atoms with Gasteiger partial charge in [0.2, 0.25) is 0 Å². The molecule has 0 fully saturated rings. The summed E-state index contributed by atoms with van der Waals surface area (Å²) in [6.07, 6.45) is 3.56. The van der Waals surface area contributed by atoms with Crippen molar-refractivity contribution in [3.63, 3.8) is 0 Å². The number of hydrogen-bond donors (Lipinski definition) is 1. The average molecular weight is 524 g/mol. The van der Waals surface area contributed by atoms with Gasteiger partial charge < -0.3 is 9.30 Å². The van der Waals surface area contributed by atoms with Gasteiger partial charge in [-0.2, -0.15) is 5.10 Å². The Balaban J connectivity index is 1.72. The number of halogens is 2. The van der Waals surface area contributed by atoms with Gasteiger partial charge in [-0.3, -0.25) is 4.79 Å². The molecule has 1 aromatic heterocycles. The minimum absolute atomic E-state index is 0.294. The first-order valence-electron chi connectivity index (χ1n) is 7.69. The Labute approximate surface area is 173 Å². The fourth-order valence-corrected chi connectivity index (χ4v) is 3.18. The SMILES string of the molecule is COc1cc(C(=O)N/N=C/c2cccn2-c2ccc(Br)cc2)ccc1I. The van der Waals surface area contributed by atoms with Crippen LogP contribution in [0.4, 0.5) is 0 Å². The van der Waals surface area contributed by atoms with Crippen LogP contribution in [-0.2, 0) is 0 Å². The van der Waals surface area contributed by atoms with E-state index in [1.807, 2.05) is 53.2 Å². The minimum Gasteiger partial charge on any atom is -0.496 e. The monoisotopic (exact) mass is 523 g/mol. The molecule has 0 aliphatic carbocycles. The highest BCUT2D eigenvalue weighted by Gasteiger charge is 2.08. The summed E-state index contributed by atoms with van der Waals surface area (Å²) < 4.78 is 9.18. The van der Waals surface area contributed by atoms with Crippen molar-refractivity contribution in [2.45, 2.75) is 0 Å². The first kappa shape index (κ1) is 18.7. The van der Waals surface area contributed by atoms with E-state index in [4.69, 9.17) is 4.74 Å². The highest BCUT2D eigenvalue weighted by Crippen LogP contribution is 2.21. The number of hydrogen-bond acceptors (Lipinski definition) is 3. The zero-order valence-corrected chi connectivity index (χ0v) is 17.6. The van der Waals surface area contributed by atoms with E-state index in [1.54, 1.807) is 25.5 Å². The van der Waals surface area contributed by atoms with Crippen molar-refractivity contribution in [2.75, 3.05) is 7.11 Å². The third-order valence-electron chi connectivity index (χ3n) is 3.66. The van der Waals surface area contributed by atoms with Gasteiger partial charge in [0.15, 0.2) is 0 Å². The maximum Gasteiger partial charge on any atom is 0.271 e. The molecule has 0 aliphatic heterocycles. The summed E-state index contributed by atoms with van der Waals surface area (Å²) in [5, 5.41) is 4.07. The molecule has 0 aliphatic rings. The van der Waals surface area contributed by atoms with Crippen LogP contribution in [0.15, 0.2) is 70.4 Å². The van der Waals surface area contributed by atoms with Gasteiger partial charge >= 0.3 is 0 Å². The number of rotatable bonds is 5. The third kappa shape index (κ3) is 4.34. The molecule has 0 unspecified atom stereocenters. The summed E-state index contributed by atoms with van der Waals surface area (Å²) >= 11 is 5.58. The molecule has 1 amide bonds. The molecule has 3 aromatic rings. The van der Waals surface area contributed by atoms with Crippen molar-refractivity contribution in [1.82, 2.24) is 9.99 Å². The number of amides is 1. The summed E-state index contributed by atoms with van der Waals surface area (Å²) in [6, 6.07) is 17.1. The maximum atomic E-state index is 12.3. The van der Waals surface area contributed by atoms with Crippen LogP contribution in [0.1, 0.15) is 16.1 Å². The molecule has 132 valence electrons. The summed E-state index contributed by atoms with van der Waals surface area (Å²) in [6.45, 7) is 0. The fourth-order valence-electron chi connectivity index (χ4n) is 2.36. The Kier molecular flexibility index (Phi) is 6.10. The molecule has 7 heteroatoms. The Morgan fingerprint density at radius 3 is 2.73 bits per heavy atom. The van der Waals surface area contributed by atoms with Crippen molar-refractivity contribution in [1.29, 1.82) is 0 Å². The average Bonchev–Trinajstić information content (AvgIpc) is 3.11. The van der Waals surface area contributed by atoms with Crippen LogP contribution in [0, 0.1) is 3.57 Å². The van der Waals surface area contributed by atoms with Gasteiger partial charge in [-0.15, -0.1) is 0 Å². The summed E-state index contributed by atoms with van der Waals surface area (Å²) in [5.74, 6) is 0.365. The van der Waals surface area contributed by atoms with Crippen LogP contribution in [-0.4, -0.2) is 23.8 Å². The topological polar surface area (TPSA) is 55.6 Å². The molecule has 0 atom stereocenters. The second-order valence-corrected chi connectivity index (χ2v) is 7.41. The molecule has 2 aromatic carbocycles. The molecular weight excluding hydrogens is 509 g/mol. The molecule has 1 N–H and O–H groups in total. The maximum absolute atomic E-state index is 12.3. The number of methoxy groups -OCH3 is 1. The van der Waals surface area contributed by atoms with Gasteiger partial charge in [0.05, 0.1) is 22.6 Å². The number of hydrazone groups is 1. The molecule has 3 rings (SSSR count). The molecule has 5 nitrogen and oxygen atoms in total. The molecule has 0 saturated carbocycles. The van der Waals surface area contributed by atoms with E-state index in [1.165, 1.54) is 0 Å². The lowest BCUT2D eigenvalue weighted by Crippen LogP contribution is -2.18. The fraction of sp³-hybridized carbons (Fsp3) is 0.0526. The Morgan fingerprint density at radius 2 is 2.00 bits per heavy atom. The summed E-state index contributed by atoms with van der Waals surface area (Å²) in [4.78, 5) is 12.3. The first-order chi connectivity index (χ1) is 12.6. The lowest BCUT2D eigenvalue weighted by atomic mass is 10.2. The number of benzene rings is 2. The van der Waals surface area contributed by atoms with Crippen LogP contribution in [0.25, 0.3) is 5.69 Å². The summed E-state index contributed by atoms with van der Waals surface area (Å²) in [5.41, 5.74) is 4.90. The molecule has 26 heavy (non-hydrogen) atoms. The number of carbonyl (C=O) groups excluding carboxylic acids is 1. The smallest absolute Gasteiger partial charge is 0.271 e. The standard InChI is InChI=1S/C19H15BrIN3O2/c1-26-18-11-13(4-9-17(18)21)19(25)23-22-12-16-3-2-10-24(16)15-7-5-14(20)6-8-15/h2-12H,1H3,(H,23,25)/b22-12+. The van der Waals surface area contributed by atoms with E-state index in [2.05, 4.69) is 49.0 Å². The number of aromatic nitrogens is 1. The minimum atomic E-state index is -0.294. The highest BCUT2D eigenvalue weighted by atomic mass is 127. The van der Waals surface area contributed by atoms with E-state index in [0.717, 1.165) is 19.4 Å². The van der Waals surface area contributed by atoms with Crippen molar-refractivity contribution in [3.05, 3.63) is 80.1 Å². The van der Waals surface area contributed by atoms with Gasteiger partial charge in [-0.1, -0.05) is 15.9 Å². The van der Waals surface area contributed by atoms with Gasteiger partial charge in [0.25, 0.3) is 5.91 Å². The molecule has 0 bridgehead atoms. The van der Waals surface area contributed by atoms with Crippen molar-refractivity contribution in [2.24, 2.45) is 5.10 Å². The quantitative estimate of drug-likeness (QED) is 0.301. The van der Waals surface area contributed by atoms with Crippen LogP contribution in [0.2, 0.25) is 0 Å². The van der Waals surface area contributed by atoms with E-state index in [-0.39, 0.29) is 5.91 Å². The Bertz CT molecular complexity index is 952. The van der Waals surface area contributed by atoms with E-state index in [9.17, 15) is 4.79 Å². The lowest BCUT2D eigenvalue weighted by molar-refractivity contribution is 0.0954. The van der Waals surface area contributed by atoms with E-state index >= 15 is 0 Å². The van der Waals surface area contributed by atoms with Gasteiger partial charge in [-0.25, -0.2) is 5.43 Å². The predicted molar refractivity (Wildman–Crippen MR) is 114 cm³/mol. The van der Waals surface area contributed by atoms with Crippen molar-refractivity contribution >= 4 is 50.6 Å². The van der Waals surface area contributed by atoms with Crippen LogP contribution in [0.5, 0.6) is 5.75 Å². The first-order valence-corrected chi connectivity index (χ1v) is 9.56. The lowest BCUT2D eigenvalue weighted by Gasteiger charge is -2.07. The second kappa shape index (κ2) is 8.50. The molecule has 0 saturated heterocycles. The summed E-state index contributed by atoms with van der Waals surface area (Å²) in [7, 11) is 1.58. The number of carbonyl (C=O) groups is 1. The third-order valence-corrected chi connectivity index (χ3v) is 5.08. The van der Waals surface area contributed by atoms with Gasteiger partial charge in [0, 0.05) is 21.9 Å². The largest absolute Gasteiger partial charge is 0.496 e. The molecule has 0 spiro atoms. The second-order valence-electron chi connectivity index (χ2n) is 5.33. The van der Waals surface area contributed by atoms with Crippen molar-refractivity contribution in [3.8, 4) is 11.4 Å². The van der Waals surface area contributed by atoms with Crippen LogP contribution < -0.4 is 10.2 Å². The predicted octanol–water partition coefficient (Wildman–Crippen LogP) is 4.62. The zero-order chi connectivity index (χ0) is 18.5. The normalized spacial score (nSPS) is 10.9. The highest BCUT2D eigenvalue weighted by molar-refractivity contribution is 14.1. The molecule has 1 heterocycles. The Hall–Kier alpha value is -2.13. The van der Waals surface area contributed by atoms with Gasteiger partial charge in [0.1, 0.15) is 5.75 Å². The molecule has 0 radical (unpaired) electrons. The number of ether oxygens (including phenoxy) is 1. The number of nitrogens with one attached hydrogen (secondary N) is 1. The van der Waals surface area contributed by atoms with E-state index in [0.29, 0.717) is 11.3 Å².